The Labute approximate surface area is 417 Å². The Morgan fingerprint density at radius 2 is 0.618 bits per heavy atom. The zero-order valence-corrected chi connectivity index (χ0v) is 43.3. The van der Waals surface area contributed by atoms with Crippen LogP contribution in [0.25, 0.3) is 0 Å². The minimum Gasteiger partial charge on any atom is -0.462 e. The Hall–Kier alpha value is -4.74. The van der Waals surface area contributed by atoms with Crippen LogP contribution in [0.1, 0.15) is 188 Å². The minimum absolute atomic E-state index is 0.0194. The van der Waals surface area contributed by atoms with E-state index in [9.17, 15) is 9.59 Å². The number of carbonyl (C=O) groups excluding carboxylic acids is 2. The van der Waals surface area contributed by atoms with Gasteiger partial charge < -0.3 is 14.2 Å². The third-order valence-corrected chi connectivity index (χ3v) is 10.2. The van der Waals surface area contributed by atoms with E-state index in [0.717, 1.165) is 154 Å². The van der Waals surface area contributed by atoms with Crippen molar-refractivity contribution in [2.75, 3.05) is 19.8 Å². The predicted molar refractivity (Wildman–Crippen MR) is 297 cm³/mol. The highest BCUT2D eigenvalue weighted by molar-refractivity contribution is 5.70. The Bertz CT molecular complexity index is 1570. The van der Waals surface area contributed by atoms with Crippen LogP contribution in [0.15, 0.2) is 170 Å². The van der Waals surface area contributed by atoms with Gasteiger partial charge in [0.2, 0.25) is 0 Å². The van der Waals surface area contributed by atoms with Gasteiger partial charge >= 0.3 is 11.9 Å². The average molecular weight is 933 g/mol. The van der Waals surface area contributed by atoms with Crippen molar-refractivity contribution < 1.29 is 23.8 Å². The third-order valence-electron chi connectivity index (χ3n) is 10.2. The van der Waals surface area contributed by atoms with Gasteiger partial charge in [0.15, 0.2) is 6.10 Å². The lowest BCUT2D eigenvalue weighted by Crippen LogP contribution is -2.30. The highest BCUT2D eigenvalue weighted by Crippen LogP contribution is 2.10. The number of hydrogen-bond donors (Lipinski definition) is 0. The summed E-state index contributed by atoms with van der Waals surface area (Å²) in [4.78, 5) is 25.4. The molecule has 0 aliphatic rings. The van der Waals surface area contributed by atoms with E-state index in [4.69, 9.17) is 14.2 Å². The van der Waals surface area contributed by atoms with Gasteiger partial charge in [0.1, 0.15) is 6.61 Å². The van der Waals surface area contributed by atoms with Crippen LogP contribution in [0.4, 0.5) is 0 Å². The Kier molecular flexibility index (Phi) is 52.6. The molecule has 1 atom stereocenters. The molecule has 5 heteroatoms. The molecule has 5 nitrogen and oxygen atoms in total. The summed E-state index contributed by atoms with van der Waals surface area (Å²) >= 11 is 0. The summed E-state index contributed by atoms with van der Waals surface area (Å²) in [5.74, 6) is -0.522. The summed E-state index contributed by atoms with van der Waals surface area (Å²) in [6.45, 7) is 7.24. The van der Waals surface area contributed by atoms with Crippen LogP contribution < -0.4 is 0 Å². The van der Waals surface area contributed by atoms with Crippen molar-refractivity contribution in [3.05, 3.63) is 170 Å². The first-order valence-corrected chi connectivity index (χ1v) is 26.7. The molecule has 0 aromatic rings. The molecule has 0 rings (SSSR count). The summed E-state index contributed by atoms with van der Waals surface area (Å²) < 4.78 is 17.3. The molecule has 0 aromatic heterocycles. The number of carbonyl (C=O) groups is 2. The molecule has 0 saturated carbocycles. The molecule has 0 fully saturated rings. The van der Waals surface area contributed by atoms with Gasteiger partial charge in [-0.1, -0.05) is 204 Å². The van der Waals surface area contributed by atoms with Gasteiger partial charge in [0, 0.05) is 19.4 Å². The average Bonchev–Trinajstić information content (AvgIpc) is 3.34. The lowest BCUT2D eigenvalue weighted by Gasteiger charge is -2.18. The molecule has 0 bridgehead atoms. The molecule has 68 heavy (non-hydrogen) atoms. The summed E-state index contributed by atoms with van der Waals surface area (Å²) in [5.41, 5.74) is 0. The van der Waals surface area contributed by atoms with E-state index in [0.29, 0.717) is 19.4 Å². The van der Waals surface area contributed by atoms with Gasteiger partial charge in [0.25, 0.3) is 0 Å². The maximum Gasteiger partial charge on any atom is 0.306 e. The number of hydrogen-bond acceptors (Lipinski definition) is 5. The molecule has 1 unspecified atom stereocenters. The maximum absolute atomic E-state index is 12.8. The highest BCUT2D eigenvalue weighted by atomic mass is 16.6. The fourth-order valence-corrected chi connectivity index (χ4v) is 6.39. The number of esters is 2. The van der Waals surface area contributed by atoms with Crippen molar-refractivity contribution in [2.24, 2.45) is 0 Å². The van der Waals surface area contributed by atoms with Gasteiger partial charge in [0.05, 0.1) is 6.61 Å². The molecule has 0 amide bonds. The van der Waals surface area contributed by atoms with E-state index in [1.165, 1.54) is 0 Å². The first-order chi connectivity index (χ1) is 33.6. The SMILES string of the molecule is CC/C=C\C/C=C\C/C=C\C/C=C\C/C=C\C/C=C\CCCOCC(COC(=O)CCCCCC/C=C\C/C=C\C/C=C\C/C=C\CC)OC(=O)CCCC/C=C\C/C=C\C/C=C\C/C=C\CC. The van der Waals surface area contributed by atoms with Crippen molar-refractivity contribution >= 4 is 11.9 Å². The molecule has 0 radical (unpaired) electrons. The van der Waals surface area contributed by atoms with E-state index in [1.54, 1.807) is 0 Å². The highest BCUT2D eigenvalue weighted by Gasteiger charge is 2.17. The molecule has 0 N–H and O–H groups in total. The van der Waals surface area contributed by atoms with Gasteiger partial charge in [-0.05, 0) is 141 Å². The quantitative estimate of drug-likeness (QED) is 0.0346. The van der Waals surface area contributed by atoms with Gasteiger partial charge in [-0.25, -0.2) is 0 Å². The van der Waals surface area contributed by atoms with Crippen LogP contribution in [-0.4, -0.2) is 37.9 Å². The fraction of sp³-hybridized carbons (Fsp3) is 0.524. The predicted octanol–water partition coefficient (Wildman–Crippen LogP) is 18.4. The molecule has 378 valence electrons. The lowest BCUT2D eigenvalue weighted by atomic mass is 10.1. The number of rotatable bonds is 46. The molecular weight excluding hydrogens is 837 g/mol. The van der Waals surface area contributed by atoms with Crippen LogP contribution in [0.5, 0.6) is 0 Å². The largest absolute Gasteiger partial charge is 0.462 e. The Balaban J connectivity index is 4.53. The maximum atomic E-state index is 12.8. The lowest BCUT2D eigenvalue weighted by molar-refractivity contribution is -0.163. The second-order valence-corrected chi connectivity index (χ2v) is 16.6. The Morgan fingerprint density at radius 3 is 1.00 bits per heavy atom. The molecule has 0 aromatic carbocycles. The van der Waals surface area contributed by atoms with Gasteiger partial charge in [-0.2, -0.15) is 0 Å². The first-order valence-electron chi connectivity index (χ1n) is 26.7. The van der Waals surface area contributed by atoms with E-state index in [1.807, 2.05) is 0 Å². The monoisotopic (exact) mass is 933 g/mol. The van der Waals surface area contributed by atoms with E-state index in [-0.39, 0.29) is 25.2 Å². The second-order valence-electron chi connectivity index (χ2n) is 16.6. The molecule has 0 heterocycles. The number of allylic oxidation sites excluding steroid dienone is 28. The third kappa shape index (κ3) is 53.9. The number of ether oxygens (including phenoxy) is 3. The summed E-state index contributed by atoms with van der Waals surface area (Å²) in [5, 5.41) is 0. The topological polar surface area (TPSA) is 61.8 Å². The Morgan fingerprint density at radius 1 is 0.324 bits per heavy atom. The van der Waals surface area contributed by atoms with Crippen LogP contribution >= 0.6 is 0 Å². The summed E-state index contributed by atoms with van der Waals surface area (Å²) in [7, 11) is 0. The van der Waals surface area contributed by atoms with Crippen molar-refractivity contribution in [3.63, 3.8) is 0 Å². The molecule has 0 aliphatic carbocycles. The van der Waals surface area contributed by atoms with Crippen molar-refractivity contribution in [2.45, 2.75) is 194 Å². The van der Waals surface area contributed by atoms with Crippen LogP contribution in [0.2, 0.25) is 0 Å². The minimum atomic E-state index is -0.613. The van der Waals surface area contributed by atoms with Gasteiger partial charge in [-0.3, -0.25) is 9.59 Å². The van der Waals surface area contributed by atoms with Crippen molar-refractivity contribution in [1.29, 1.82) is 0 Å². The summed E-state index contributed by atoms with van der Waals surface area (Å²) in [6.07, 6.45) is 85.2. The zero-order valence-electron chi connectivity index (χ0n) is 43.3. The fourth-order valence-electron chi connectivity index (χ4n) is 6.39. The zero-order chi connectivity index (χ0) is 49.2. The van der Waals surface area contributed by atoms with Crippen LogP contribution in [0.3, 0.4) is 0 Å². The number of unbranched alkanes of at least 4 members (excludes halogenated alkanes) is 7. The standard InChI is InChI=1S/C63H96O5/c1-4-7-10-13-16-19-22-25-28-30-31-32-34-37-40-43-46-49-52-55-58-66-59-61(68-63(65)57-54-51-48-45-42-39-35-27-24-21-18-15-12-9-6-3)60-67-62(64)56-53-50-47-44-41-38-36-33-29-26-23-20-17-14-11-8-5-2/h7-12,16-21,25-29,31-32,35-38,40,42,45-46,49,61H,4-6,13-15,22-24,30,33-34,39,41,43-44,47-48,50-60H2,1-3H3/b10-7-,11-8-,12-9-,19-16-,20-17-,21-18-,28-25-,29-26-,32-31-,35-27-,38-36-,40-37-,45-42-,49-46-. The molecule has 0 aliphatic heterocycles. The van der Waals surface area contributed by atoms with Crippen molar-refractivity contribution in [1.82, 2.24) is 0 Å². The molecular formula is C63H96O5. The van der Waals surface area contributed by atoms with Crippen LogP contribution in [-0.2, 0) is 23.8 Å². The van der Waals surface area contributed by atoms with Crippen molar-refractivity contribution in [3.8, 4) is 0 Å². The summed E-state index contributed by atoms with van der Waals surface area (Å²) in [6, 6.07) is 0. The second kappa shape index (κ2) is 56.6. The molecule has 0 spiro atoms. The van der Waals surface area contributed by atoms with E-state index >= 15 is 0 Å². The molecule has 0 saturated heterocycles. The van der Waals surface area contributed by atoms with Crippen LogP contribution in [0, 0.1) is 0 Å². The van der Waals surface area contributed by atoms with E-state index < -0.39 is 6.10 Å². The van der Waals surface area contributed by atoms with Gasteiger partial charge in [-0.15, -0.1) is 0 Å². The normalized spacial score (nSPS) is 13.6. The smallest absolute Gasteiger partial charge is 0.306 e. The van der Waals surface area contributed by atoms with E-state index in [2.05, 4.69) is 191 Å². The first kappa shape index (κ1) is 63.3.